The van der Waals surface area contributed by atoms with Gasteiger partial charge < -0.3 is 9.47 Å². The first kappa shape index (κ1) is 26.4. The van der Waals surface area contributed by atoms with E-state index in [9.17, 15) is 13.2 Å². The monoisotopic (exact) mass is 559 g/mol. The number of benzene rings is 3. The maximum atomic E-state index is 13.5. The molecular formula is C25H26BrN3O5S. The zero-order valence-electron chi connectivity index (χ0n) is 19.6. The highest BCUT2D eigenvalue weighted by atomic mass is 79.9. The summed E-state index contributed by atoms with van der Waals surface area (Å²) < 4.78 is 39.4. The highest BCUT2D eigenvalue weighted by molar-refractivity contribution is 9.10. The van der Waals surface area contributed by atoms with Gasteiger partial charge in [-0.15, -0.1) is 0 Å². The lowest BCUT2D eigenvalue weighted by molar-refractivity contribution is -0.121. The van der Waals surface area contributed by atoms with Crippen molar-refractivity contribution in [3.8, 4) is 11.5 Å². The van der Waals surface area contributed by atoms with Crippen LogP contribution in [0.4, 0.5) is 0 Å². The van der Waals surface area contributed by atoms with Gasteiger partial charge in [0.25, 0.3) is 5.91 Å². The molecule has 0 saturated heterocycles. The van der Waals surface area contributed by atoms with Crippen LogP contribution in [0.3, 0.4) is 0 Å². The summed E-state index contributed by atoms with van der Waals surface area (Å²) >= 11 is 3.38. The number of aryl methyl sites for hydroxylation is 1. The van der Waals surface area contributed by atoms with Crippen LogP contribution in [0.5, 0.6) is 11.5 Å². The molecule has 0 aromatic heterocycles. The van der Waals surface area contributed by atoms with Gasteiger partial charge in [-0.3, -0.25) is 4.79 Å². The number of halogens is 1. The summed E-state index contributed by atoms with van der Waals surface area (Å²) in [6, 6.07) is 19.0. The quantitative estimate of drug-likeness (QED) is 0.297. The second-order valence-corrected chi connectivity index (χ2v) is 10.4. The zero-order chi connectivity index (χ0) is 25.4. The normalized spacial score (nSPS) is 11.6. The average Bonchev–Trinajstić information content (AvgIpc) is 2.84. The van der Waals surface area contributed by atoms with Gasteiger partial charge in [-0.2, -0.15) is 9.41 Å². The molecule has 0 atom stereocenters. The van der Waals surface area contributed by atoms with Gasteiger partial charge in [-0.1, -0.05) is 46.3 Å². The fraction of sp³-hybridized carbons (Fsp3) is 0.200. The van der Waals surface area contributed by atoms with E-state index in [0.29, 0.717) is 22.6 Å². The molecule has 8 nitrogen and oxygen atoms in total. The number of nitrogens with zero attached hydrogens (tertiary/aromatic N) is 2. The van der Waals surface area contributed by atoms with E-state index in [4.69, 9.17) is 9.47 Å². The molecule has 0 aliphatic heterocycles. The maximum Gasteiger partial charge on any atom is 0.255 e. The summed E-state index contributed by atoms with van der Waals surface area (Å²) in [6.45, 7) is 1.36. The number of carbonyl (C=O) groups excluding carboxylic acids is 1. The van der Waals surface area contributed by atoms with Crippen molar-refractivity contribution < 1.29 is 22.7 Å². The molecule has 0 saturated carbocycles. The lowest BCUT2D eigenvalue weighted by Gasteiger charge is -2.22. The van der Waals surface area contributed by atoms with Crippen molar-refractivity contribution in [1.29, 1.82) is 0 Å². The van der Waals surface area contributed by atoms with Crippen LogP contribution >= 0.6 is 15.9 Å². The Bertz CT molecular complexity index is 1310. The molecule has 35 heavy (non-hydrogen) atoms. The predicted molar refractivity (Wildman–Crippen MR) is 138 cm³/mol. The van der Waals surface area contributed by atoms with Crippen molar-refractivity contribution in [2.45, 2.75) is 18.4 Å². The van der Waals surface area contributed by atoms with Gasteiger partial charge in [0.1, 0.15) is 11.5 Å². The molecule has 10 heteroatoms. The number of amides is 1. The summed E-state index contributed by atoms with van der Waals surface area (Å²) in [5.41, 5.74) is 4.47. The Morgan fingerprint density at radius 3 is 2.37 bits per heavy atom. The van der Waals surface area contributed by atoms with Crippen LogP contribution in [-0.4, -0.2) is 45.6 Å². The number of nitrogens with one attached hydrogen (secondary N) is 1. The van der Waals surface area contributed by atoms with Crippen molar-refractivity contribution in [3.63, 3.8) is 0 Å². The highest BCUT2D eigenvalue weighted by Gasteiger charge is 2.27. The van der Waals surface area contributed by atoms with Crippen molar-refractivity contribution in [2.75, 3.05) is 20.8 Å². The molecule has 0 unspecified atom stereocenters. The van der Waals surface area contributed by atoms with Gasteiger partial charge in [0.05, 0.1) is 31.9 Å². The fourth-order valence-corrected chi connectivity index (χ4v) is 5.20. The molecule has 0 aliphatic rings. The minimum atomic E-state index is -4.00. The molecular weight excluding hydrogens is 534 g/mol. The molecule has 3 aromatic carbocycles. The minimum Gasteiger partial charge on any atom is -0.496 e. The number of sulfonamides is 1. The van der Waals surface area contributed by atoms with E-state index in [2.05, 4.69) is 26.5 Å². The van der Waals surface area contributed by atoms with Gasteiger partial charge in [0, 0.05) is 16.6 Å². The molecule has 0 fully saturated rings. The SMILES string of the molecule is COc1ccc(S(=O)(=O)N(CC(=O)N/N=C/c2cc(Br)ccc2OC)Cc2ccccc2)cc1C. The molecule has 0 heterocycles. The molecule has 1 N–H and O–H groups in total. The third kappa shape index (κ3) is 6.91. The number of hydrogen-bond acceptors (Lipinski definition) is 6. The van der Waals surface area contributed by atoms with Crippen LogP contribution in [-0.2, 0) is 21.4 Å². The van der Waals surface area contributed by atoms with Crippen molar-refractivity contribution in [3.05, 3.63) is 87.9 Å². The smallest absolute Gasteiger partial charge is 0.255 e. The number of hydrogen-bond donors (Lipinski definition) is 1. The fourth-order valence-electron chi connectivity index (χ4n) is 3.35. The largest absolute Gasteiger partial charge is 0.496 e. The molecule has 3 rings (SSSR count). The lowest BCUT2D eigenvalue weighted by Crippen LogP contribution is -2.39. The van der Waals surface area contributed by atoms with E-state index in [-0.39, 0.29) is 11.4 Å². The predicted octanol–water partition coefficient (Wildman–Crippen LogP) is 4.12. The molecule has 0 spiro atoms. The summed E-state index contributed by atoms with van der Waals surface area (Å²) in [6.07, 6.45) is 1.43. The van der Waals surface area contributed by atoms with Crippen LogP contribution in [0.25, 0.3) is 0 Å². The standard InChI is InChI=1S/C25H26BrN3O5S/c1-18-13-22(10-12-23(18)33-2)35(31,32)29(16-19-7-5-4-6-8-19)17-25(30)28-27-15-20-14-21(26)9-11-24(20)34-3/h4-15H,16-17H2,1-3H3,(H,28,30)/b27-15+. The van der Waals surface area contributed by atoms with Crippen LogP contribution in [0.2, 0.25) is 0 Å². The Kier molecular flexibility index (Phi) is 9.02. The molecule has 1 amide bonds. The molecule has 3 aromatic rings. The Hall–Kier alpha value is -3.21. The second kappa shape index (κ2) is 12.0. The average molecular weight is 560 g/mol. The van der Waals surface area contributed by atoms with Gasteiger partial charge in [-0.25, -0.2) is 13.8 Å². The summed E-state index contributed by atoms with van der Waals surface area (Å²) in [4.78, 5) is 12.8. The summed E-state index contributed by atoms with van der Waals surface area (Å²) in [5, 5.41) is 3.98. The third-order valence-electron chi connectivity index (χ3n) is 5.11. The van der Waals surface area contributed by atoms with Gasteiger partial charge in [-0.05, 0) is 54.4 Å². The first-order chi connectivity index (χ1) is 16.7. The van der Waals surface area contributed by atoms with Crippen LogP contribution < -0.4 is 14.9 Å². The minimum absolute atomic E-state index is 0.0187. The Morgan fingerprint density at radius 2 is 1.71 bits per heavy atom. The number of methoxy groups -OCH3 is 2. The lowest BCUT2D eigenvalue weighted by atomic mass is 10.2. The third-order valence-corrected chi connectivity index (χ3v) is 7.39. The van der Waals surface area contributed by atoms with Gasteiger partial charge >= 0.3 is 0 Å². The number of hydrazone groups is 1. The molecule has 0 aliphatic carbocycles. The van der Waals surface area contributed by atoms with Gasteiger partial charge in [0.2, 0.25) is 10.0 Å². The Balaban J connectivity index is 1.82. The van der Waals surface area contributed by atoms with E-state index in [0.717, 1.165) is 14.3 Å². The topological polar surface area (TPSA) is 97.3 Å². The van der Waals surface area contributed by atoms with Crippen molar-refractivity contribution in [2.24, 2.45) is 5.10 Å². The van der Waals surface area contributed by atoms with E-state index >= 15 is 0 Å². The highest BCUT2D eigenvalue weighted by Crippen LogP contribution is 2.25. The van der Waals surface area contributed by atoms with Gasteiger partial charge in [0.15, 0.2) is 0 Å². The summed E-state index contributed by atoms with van der Waals surface area (Å²) in [5.74, 6) is 0.572. The molecule has 184 valence electrons. The first-order valence-electron chi connectivity index (χ1n) is 10.6. The maximum absolute atomic E-state index is 13.5. The Morgan fingerprint density at radius 1 is 1.03 bits per heavy atom. The molecule has 0 bridgehead atoms. The van der Waals surface area contributed by atoms with Crippen LogP contribution in [0.1, 0.15) is 16.7 Å². The number of rotatable bonds is 10. The first-order valence-corrected chi connectivity index (χ1v) is 12.8. The number of ether oxygens (including phenoxy) is 2. The van der Waals surface area contributed by atoms with E-state index in [1.54, 1.807) is 37.3 Å². The van der Waals surface area contributed by atoms with E-state index < -0.39 is 22.5 Å². The second-order valence-electron chi connectivity index (χ2n) is 7.57. The van der Waals surface area contributed by atoms with Crippen LogP contribution in [0, 0.1) is 6.92 Å². The van der Waals surface area contributed by atoms with Crippen LogP contribution in [0.15, 0.2) is 81.2 Å². The number of carbonyl (C=O) groups is 1. The van der Waals surface area contributed by atoms with E-state index in [1.807, 2.05) is 24.3 Å². The Labute approximate surface area is 213 Å². The zero-order valence-corrected chi connectivity index (χ0v) is 22.0. The van der Waals surface area contributed by atoms with Crippen molar-refractivity contribution >= 4 is 38.1 Å². The van der Waals surface area contributed by atoms with E-state index in [1.165, 1.54) is 32.6 Å². The summed E-state index contributed by atoms with van der Waals surface area (Å²) in [7, 11) is -0.942. The van der Waals surface area contributed by atoms with Crippen molar-refractivity contribution in [1.82, 2.24) is 9.73 Å². The molecule has 0 radical (unpaired) electrons.